The van der Waals surface area contributed by atoms with Crippen molar-refractivity contribution in [2.75, 3.05) is 27.2 Å². The molecule has 3 rings (SSSR count). The van der Waals surface area contributed by atoms with Gasteiger partial charge in [0.25, 0.3) is 0 Å². The van der Waals surface area contributed by atoms with E-state index in [1.54, 1.807) is 12.1 Å². The van der Waals surface area contributed by atoms with Crippen LogP contribution in [0.5, 0.6) is 0 Å². The quantitative estimate of drug-likeness (QED) is 0.629. The van der Waals surface area contributed by atoms with Gasteiger partial charge in [0.1, 0.15) is 0 Å². The van der Waals surface area contributed by atoms with E-state index < -0.39 is 26.0 Å². The van der Waals surface area contributed by atoms with Gasteiger partial charge in [0.05, 0.1) is 15.7 Å². The fourth-order valence-corrected chi connectivity index (χ4v) is 6.01. The number of nitrogens with zero attached hydrogens (tertiary/aromatic N) is 2. The summed E-state index contributed by atoms with van der Waals surface area (Å²) in [6.07, 6.45) is 1.18. The molecule has 2 aromatic rings. The summed E-state index contributed by atoms with van der Waals surface area (Å²) < 4.78 is 52.6. The summed E-state index contributed by atoms with van der Waals surface area (Å²) in [5, 5.41) is 3.28. The second-order valence-electron chi connectivity index (χ2n) is 7.81. The van der Waals surface area contributed by atoms with Crippen LogP contribution in [0.3, 0.4) is 0 Å². The van der Waals surface area contributed by atoms with Crippen molar-refractivity contribution in [2.45, 2.75) is 29.2 Å². The van der Waals surface area contributed by atoms with Crippen LogP contribution >= 0.6 is 11.6 Å². The van der Waals surface area contributed by atoms with Crippen LogP contribution in [-0.4, -0.2) is 58.5 Å². The highest BCUT2D eigenvalue weighted by atomic mass is 35.5. The average Bonchev–Trinajstić information content (AvgIpc) is 2.78. The van der Waals surface area contributed by atoms with Crippen LogP contribution in [0.15, 0.2) is 58.3 Å². The molecular formula is C21H26ClN3O5S2. The zero-order valence-corrected chi connectivity index (χ0v) is 20.3. The van der Waals surface area contributed by atoms with Gasteiger partial charge < -0.3 is 5.32 Å². The van der Waals surface area contributed by atoms with Gasteiger partial charge in [-0.1, -0.05) is 23.7 Å². The second kappa shape index (κ2) is 9.88. The molecule has 1 atom stereocenters. The molecule has 2 aromatic carbocycles. The first-order valence-corrected chi connectivity index (χ1v) is 13.3. The number of nitrogens with one attached hydrogen (secondary N) is 1. The van der Waals surface area contributed by atoms with Crippen molar-refractivity contribution in [3.8, 4) is 0 Å². The third-order valence-corrected chi connectivity index (χ3v) is 9.34. The van der Waals surface area contributed by atoms with Gasteiger partial charge in [0, 0.05) is 38.8 Å². The second-order valence-corrected chi connectivity index (χ2v) is 12.3. The SMILES string of the molecule is CN(C)S(=O)(=O)c1ccc(CNC(=O)[C@H]2CCCN(S(=O)(=O)c3ccc(Cl)cc3)C2)cc1. The summed E-state index contributed by atoms with van der Waals surface area (Å²) >= 11 is 5.85. The topological polar surface area (TPSA) is 104 Å². The van der Waals surface area contributed by atoms with E-state index in [4.69, 9.17) is 11.6 Å². The molecule has 0 unspecified atom stereocenters. The highest BCUT2D eigenvalue weighted by molar-refractivity contribution is 7.89. The van der Waals surface area contributed by atoms with E-state index in [2.05, 4.69) is 5.32 Å². The Bertz CT molecular complexity index is 1160. The molecule has 0 radical (unpaired) electrons. The lowest BCUT2D eigenvalue weighted by atomic mass is 9.99. The normalized spacial score (nSPS) is 17.9. The van der Waals surface area contributed by atoms with E-state index in [-0.39, 0.29) is 28.8 Å². The Kier molecular flexibility index (Phi) is 7.61. The number of amides is 1. The monoisotopic (exact) mass is 499 g/mol. The zero-order valence-electron chi connectivity index (χ0n) is 17.9. The lowest BCUT2D eigenvalue weighted by molar-refractivity contribution is -0.126. The van der Waals surface area contributed by atoms with Crippen molar-refractivity contribution in [1.82, 2.24) is 13.9 Å². The number of rotatable bonds is 7. The standard InChI is InChI=1S/C21H26ClN3O5S2/c1-24(2)31(27,28)19-9-5-16(6-10-19)14-23-21(26)17-4-3-13-25(15-17)32(29,30)20-11-7-18(22)8-12-20/h5-12,17H,3-4,13-15H2,1-2H3,(H,23,26)/t17-/m0/s1. The summed E-state index contributed by atoms with van der Waals surface area (Å²) in [6.45, 7) is 0.689. The Morgan fingerprint density at radius 2 is 1.62 bits per heavy atom. The molecule has 0 aromatic heterocycles. The van der Waals surface area contributed by atoms with E-state index in [1.165, 1.54) is 54.8 Å². The Morgan fingerprint density at radius 3 is 2.22 bits per heavy atom. The molecule has 1 N–H and O–H groups in total. The lowest BCUT2D eigenvalue weighted by Crippen LogP contribution is -2.45. The number of hydrogen-bond acceptors (Lipinski definition) is 5. The molecule has 1 aliphatic rings. The van der Waals surface area contributed by atoms with Crippen molar-refractivity contribution in [3.05, 3.63) is 59.1 Å². The van der Waals surface area contributed by atoms with Gasteiger partial charge >= 0.3 is 0 Å². The molecule has 1 saturated heterocycles. The number of halogens is 1. The maximum absolute atomic E-state index is 12.9. The van der Waals surface area contributed by atoms with Crippen LogP contribution in [0.2, 0.25) is 5.02 Å². The van der Waals surface area contributed by atoms with Crippen LogP contribution in [0.4, 0.5) is 0 Å². The minimum atomic E-state index is -3.70. The molecule has 1 aliphatic heterocycles. The van der Waals surface area contributed by atoms with Crippen LogP contribution in [0, 0.1) is 5.92 Å². The van der Waals surface area contributed by atoms with Crippen LogP contribution in [-0.2, 0) is 31.4 Å². The minimum Gasteiger partial charge on any atom is -0.352 e. The van der Waals surface area contributed by atoms with Crippen molar-refractivity contribution < 1.29 is 21.6 Å². The fraction of sp³-hybridized carbons (Fsp3) is 0.381. The van der Waals surface area contributed by atoms with Gasteiger partial charge in [0.15, 0.2) is 0 Å². The predicted octanol–water partition coefficient (Wildman–Crippen LogP) is 2.31. The first kappa shape index (κ1) is 24.7. The Balaban J connectivity index is 1.61. The van der Waals surface area contributed by atoms with Crippen molar-refractivity contribution in [1.29, 1.82) is 0 Å². The largest absolute Gasteiger partial charge is 0.352 e. The maximum atomic E-state index is 12.9. The minimum absolute atomic E-state index is 0.108. The summed E-state index contributed by atoms with van der Waals surface area (Å²) in [5.74, 6) is -0.690. The number of hydrogen-bond donors (Lipinski definition) is 1. The van der Waals surface area contributed by atoms with Crippen LogP contribution in [0.1, 0.15) is 18.4 Å². The smallest absolute Gasteiger partial charge is 0.243 e. The number of piperidine rings is 1. The van der Waals surface area contributed by atoms with Gasteiger partial charge in [-0.15, -0.1) is 0 Å². The van der Waals surface area contributed by atoms with Gasteiger partial charge in [0.2, 0.25) is 26.0 Å². The number of carbonyl (C=O) groups excluding carboxylic acids is 1. The first-order valence-electron chi connectivity index (χ1n) is 10.1. The molecular weight excluding hydrogens is 474 g/mol. The molecule has 8 nitrogen and oxygen atoms in total. The molecule has 0 spiro atoms. The van der Waals surface area contributed by atoms with Crippen molar-refractivity contribution in [2.24, 2.45) is 5.92 Å². The van der Waals surface area contributed by atoms with Gasteiger partial charge in [-0.05, 0) is 54.8 Å². The van der Waals surface area contributed by atoms with Gasteiger partial charge in [-0.3, -0.25) is 4.79 Å². The van der Waals surface area contributed by atoms with Crippen molar-refractivity contribution in [3.63, 3.8) is 0 Å². The van der Waals surface area contributed by atoms with E-state index in [0.29, 0.717) is 24.4 Å². The number of sulfonamides is 2. The first-order chi connectivity index (χ1) is 15.0. The third-order valence-electron chi connectivity index (χ3n) is 5.37. The highest BCUT2D eigenvalue weighted by Crippen LogP contribution is 2.25. The van der Waals surface area contributed by atoms with Crippen LogP contribution in [0.25, 0.3) is 0 Å². The molecule has 0 bridgehead atoms. The molecule has 32 heavy (non-hydrogen) atoms. The molecule has 1 heterocycles. The van der Waals surface area contributed by atoms with E-state index in [0.717, 1.165) is 9.87 Å². The summed E-state index contributed by atoms with van der Waals surface area (Å²) in [4.78, 5) is 13.0. The summed E-state index contributed by atoms with van der Waals surface area (Å²) in [5.41, 5.74) is 0.748. The fourth-order valence-electron chi connectivity index (χ4n) is 3.45. The summed E-state index contributed by atoms with van der Waals surface area (Å²) in [7, 11) is -4.29. The van der Waals surface area contributed by atoms with Gasteiger partial charge in [-0.2, -0.15) is 4.31 Å². The number of benzene rings is 2. The Labute approximate surface area is 194 Å². The van der Waals surface area contributed by atoms with Crippen molar-refractivity contribution >= 4 is 37.6 Å². The van der Waals surface area contributed by atoms with E-state index >= 15 is 0 Å². The Morgan fingerprint density at radius 1 is 1.03 bits per heavy atom. The molecule has 0 aliphatic carbocycles. The lowest BCUT2D eigenvalue weighted by Gasteiger charge is -2.31. The van der Waals surface area contributed by atoms with Crippen LogP contribution < -0.4 is 5.32 Å². The van der Waals surface area contributed by atoms with E-state index in [9.17, 15) is 21.6 Å². The third kappa shape index (κ3) is 5.49. The molecule has 1 amide bonds. The maximum Gasteiger partial charge on any atom is 0.243 e. The van der Waals surface area contributed by atoms with E-state index in [1.807, 2.05) is 0 Å². The van der Waals surface area contributed by atoms with Gasteiger partial charge in [-0.25, -0.2) is 21.1 Å². The zero-order chi connectivity index (χ0) is 23.5. The highest BCUT2D eigenvalue weighted by Gasteiger charge is 2.33. The summed E-state index contributed by atoms with van der Waals surface area (Å²) in [6, 6.07) is 12.3. The Hall–Kier alpha value is -1.98. The average molecular weight is 500 g/mol. The molecule has 1 fully saturated rings. The molecule has 0 saturated carbocycles. The predicted molar refractivity (Wildman–Crippen MR) is 122 cm³/mol. The molecule has 174 valence electrons. The number of carbonyl (C=O) groups is 1. The molecule has 11 heteroatoms.